The number of para-hydroxylation sites is 1. The molecule has 3 aromatic rings. The van der Waals surface area contributed by atoms with Crippen LogP contribution in [-0.4, -0.2) is 56.5 Å². The van der Waals surface area contributed by atoms with E-state index in [0.29, 0.717) is 26.3 Å². The summed E-state index contributed by atoms with van der Waals surface area (Å²) < 4.78 is 7.38. The van der Waals surface area contributed by atoms with Crippen molar-refractivity contribution >= 4 is 5.97 Å². The highest BCUT2D eigenvalue weighted by Crippen LogP contribution is 2.26. The van der Waals surface area contributed by atoms with E-state index in [-0.39, 0.29) is 12.5 Å². The first kappa shape index (κ1) is 18.3. The Hall–Kier alpha value is -3.03. The molecule has 7 nitrogen and oxygen atoms in total. The molecule has 144 valence electrons. The zero-order valence-electron chi connectivity index (χ0n) is 15.4. The molecular formula is C21H22N4O3. The van der Waals surface area contributed by atoms with E-state index in [9.17, 15) is 9.90 Å². The quantitative estimate of drug-likeness (QED) is 0.710. The highest BCUT2D eigenvalue weighted by Gasteiger charge is 2.27. The summed E-state index contributed by atoms with van der Waals surface area (Å²) in [5, 5.41) is 14.0. The number of rotatable bonds is 6. The van der Waals surface area contributed by atoms with Gasteiger partial charge in [-0.25, -0.2) is 4.68 Å². The van der Waals surface area contributed by atoms with Gasteiger partial charge in [0.2, 0.25) is 0 Å². The number of ether oxygens (including phenoxy) is 1. The Bertz CT molecular complexity index is 927. The smallest absolute Gasteiger partial charge is 0.305 e. The molecule has 1 aliphatic rings. The number of aliphatic carboxylic acids is 1. The fourth-order valence-corrected chi connectivity index (χ4v) is 3.50. The molecule has 3 heterocycles. The van der Waals surface area contributed by atoms with Crippen molar-refractivity contribution in [3.05, 3.63) is 66.6 Å². The molecule has 0 spiro atoms. The lowest BCUT2D eigenvalue weighted by atomic mass is 10.1. The van der Waals surface area contributed by atoms with Crippen LogP contribution in [0, 0.1) is 0 Å². The van der Waals surface area contributed by atoms with Crippen LogP contribution in [0.2, 0.25) is 0 Å². The lowest BCUT2D eigenvalue weighted by molar-refractivity contribution is -0.140. The molecule has 0 saturated carbocycles. The molecule has 1 aromatic carbocycles. The molecule has 1 fully saturated rings. The average Bonchev–Trinajstić information content (AvgIpc) is 3.14. The van der Waals surface area contributed by atoms with Crippen molar-refractivity contribution in [1.82, 2.24) is 19.7 Å². The number of benzene rings is 1. The number of pyridine rings is 1. The number of hydrogen-bond donors (Lipinski definition) is 1. The average molecular weight is 378 g/mol. The van der Waals surface area contributed by atoms with Gasteiger partial charge in [-0.05, 0) is 24.3 Å². The van der Waals surface area contributed by atoms with Gasteiger partial charge in [-0.1, -0.05) is 18.2 Å². The van der Waals surface area contributed by atoms with Gasteiger partial charge in [0.15, 0.2) is 0 Å². The predicted octanol–water partition coefficient (Wildman–Crippen LogP) is 2.61. The Kier molecular flexibility index (Phi) is 5.45. The molecule has 0 radical (unpaired) electrons. The van der Waals surface area contributed by atoms with E-state index in [0.717, 1.165) is 22.5 Å². The molecule has 4 rings (SSSR count). The van der Waals surface area contributed by atoms with E-state index < -0.39 is 5.97 Å². The molecule has 1 atom stereocenters. The van der Waals surface area contributed by atoms with Crippen LogP contribution in [0.25, 0.3) is 16.9 Å². The number of morpholine rings is 1. The summed E-state index contributed by atoms with van der Waals surface area (Å²) in [5.74, 6) is -0.810. The molecule has 2 aromatic heterocycles. The van der Waals surface area contributed by atoms with E-state index in [1.54, 1.807) is 12.4 Å². The molecule has 0 amide bonds. The van der Waals surface area contributed by atoms with E-state index >= 15 is 0 Å². The normalized spacial score (nSPS) is 17.5. The highest BCUT2D eigenvalue weighted by atomic mass is 16.5. The maximum Gasteiger partial charge on any atom is 0.305 e. The third-order valence-corrected chi connectivity index (χ3v) is 4.90. The van der Waals surface area contributed by atoms with Crippen LogP contribution in [-0.2, 0) is 16.1 Å². The Morgan fingerprint density at radius 2 is 1.96 bits per heavy atom. The Labute approximate surface area is 163 Å². The third-order valence-electron chi connectivity index (χ3n) is 4.90. The summed E-state index contributed by atoms with van der Waals surface area (Å²) in [6.45, 7) is 2.35. The maximum absolute atomic E-state index is 11.2. The zero-order valence-corrected chi connectivity index (χ0v) is 15.4. The second-order valence-electron chi connectivity index (χ2n) is 6.82. The van der Waals surface area contributed by atoms with Gasteiger partial charge in [-0.2, -0.15) is 5.10 Å². The van der Waals surface area contributed by atoms with Gasteiger partial charge >= 0.3 is 5.97 Å². The number of hydrogen-bond acceptors (Lipinski definition) is 5. The predicted molar refractivity (Wildman–Crippen MR) is 104 cm³/mol. The Morgan fingerprint density at radius 3 is 2.71 bits per heavy atom. The molecule has 1 aliphatic heterocycles. The minimum absolute atomic E-state index is 0.0669. The largest absolute Gasteiger partial charge is 0.481 e. The second kappa shape index (κ2) is 8.33. The van der Waals surface area contributed by atoms with E-state index in [1.165, 1.54) is 0 Å². The van der Waals surface area contributed by atoms with Crippen LogP contribution in [0.1, 0.15) is 12.0 Å². The van der Waals surface area contributed by atoms with Crippen LogP contribution in [0.3, 0.4) is 0 Å². The van der Waals surface area contributed by atoms with Crippen LogP contribution < -0.4 is 0 Å². The van der Waals surface area contributed by atoms with Crippen LogP contribution in [0.5, 0.6) is 0 Å². The van der Waals surface area contributed by atoms with Gasteiger partial charge in [0.1, 0.15) is 0 Å². The standard InChI is InChI=1S/C21H22N4O3/c26-20(27)12-19-15-28-11-10-24(19)13-17-14-25(18-4-2-1-3-5-18)23-21(17)16-6-8-22-9-7-16/h1-9,14,19H,10-13,15H2,(H,26,27)/t19-/m1/s1. The topological polar surface area (TPSA) is 80.5 Å². The molecule has 1 saturated heterocycles. The Balaban J connectivity index is 1.68. The van der Waals surface area contributed by atoms with Crippen molar-refractivity contribution in [2.24, 2.45) is 0 Å². The summed E-state index contributed by atoms with van der Waals surface area (Å²) in [5.41, 5.74) is 3.90. The van der Waals surface area contributed by atoms with Crippen molar-refractivity contribution in [3.8, 4) is 16.9 Å². The van der Waals surface area contributed by atoms with Crippen molar-refractivity contribution in [1.29, 1.82) is 0 Å². The highest BCUT2D eigenvalue weighted by molar-refractivity contribution is 5.67. The van der Waals surface area contributed by atoms with E-state index in [2.05, 4.69) is 9.88 Å². The van der Waals surface area contributed by atoms with Crippen molar-refractivity contribution in [3.63, 3.8) is 0 Å². The first-order valence-corrected chi connectivity index (χ1v) is 9.28. The summed E-state index contributed by atoms with van der Waals surface area (Å²) in [4.78, 5) is 17.5. The molecule has 7 heteroatoms. The van der Waals surface area contributed by atoms with Gasteiger partial charge in [-0.15, -0.1) is 0 Å². The van der Waals surface area contributed by atoms with Gasteiger partial charge in [0, 0.05) is 48.8 Å². The number of carbonyl (C=O) groups is 1. The van der Waals surface area contributed by atoms with Crippen LogP contribution >= 0.6 is 0 Å². The lowest BCUT2D eigenvalue weighted by Gasteiger charge is -2.34. The van der Waals surface area contributed by atoms with Gasteiger partial charge < -0.3 is 9.84 Å². The van der Waals surface area contributed by atoms with E-state index in [4.69, 9.17) is 9.84 Å². The summed E-state index contributed by atoms with van der Waals surface area (Å²) in [6, 6.07) is 13.7. The van der Waals surface area contributed by atoms with Crippen molar-refractivity contribution in [2.75, 3.05) is 19.8 Å². The zero-order chi connectivity index (χ0) is 19.3. The summed E-state index contributed by atoms with van der Waals surface area (Å²) in [7, 11) is 0. The third kappa shape index (κ3) is 4.11. The summed E-state index contributed by atoms with van der Waals surface area (Å²) in [6.07, 6.45) is 5.60. The molecule has 0 bridgehead atoms. The first-order valence-electron chi connectivity index (χ1n) is 9.28. The van der Waals surface area contributed by atoms with Crippen LogP contribution in [0.4, 0.5) is 0 Å². The number of carboxylic acids is 1. The number of carboxylic acid groups (broad SMARTS) is 1. The fourth-order valence-electron chi connectivity index (χ4n) is 3.50. The van der Waals surface area contributed by atoms with E-state index in [1.807, 2.05) is 53.3 Å². The fraction of sp³-hybridized carbons (Fsp3) is 0.286. The maximum atomic E-state index is 11.2. The molecule has 0 aliphatic carbocycles. The van der Waals surface area contributed by atoms with Gasteiger partial charge in [0.25, 0.3) is 0 Å². The summed E-state index contributed by atoms with van der Waals surface area (Å²) >= 11 is 0. The number of nitrogens with zero attached hydrogens (tertiary/aromatic N) is 4. The minimum Gasteiger partial charge on any atom is -0.481 e. The lowest BCUT2D eigenvalue weighted by Crippen LogP contribution is -2.45. The molecule has 28 heavy (non-hydrogen) atoms. The minimum atomic E-state index is -0.810. The van der Waals surface area contributed by atoms with Gasteiger partial charge in [-0.3, -0.25) is 14.7 Å². The number of aromatic nitrogens is 3. The molecule has 1 N–H and O–H groups in total. The van der Waals surface area contributed by atoms with Crippen molar-refractivity contribution < 1.29 is 14.6 Å². The second-order valence-corrected chi connectivity index (χ2v) is 6.82. The molecular weight excluding hydrogens is 356 g/mol. The van der Waals surface area contributed by atoms with Crippen LogP contribution in [0.15, 0.2) is 61.1 Å². The monoisotopic (exact) mass is 378 g/mol. The van der Waals surface area contributed by atoms with Crippen molar-refractivity contribution in [2.45, 2.75) is 19.0 Å². The van der Waals surface area contributed by atoms with Gasteiger partial charge in [0.05, 0.1) is 31.0 Å². The SMILES string of the molecule is O=C(O)C[C@@H]1COCCN1Cc1cn(-c2ccccc2)nc1-c1ccncc1. The first-order chi connectivity index (χ1) is 13.7. The Morgan fingerprint density at radius 1 is 1.18 bits per heavy atom. The molecule has 0 unspecified atom stereocenters.